The first-order chi connectivity index (χ1) is 13.4. The maximum atomic E-state index is 12.8. The van der Waals surface area contributed by atoms with E-state index >= 15 is 0 Å². The molecule has 2 aromatic carbocycles. The lowest BCUT2D eigenvalue weighted by molar-refractivity contribution is 0.101. The molecule has 1 aliphatic rings. The van der Waals surface area contributed by atoms with E-state index in [4.69, 9.17) is 0 Å². The molecule has 6 nitrogen and oxygen atoms in total. The number of anilines is 1. The van der Waals surface area contributed by atoms with Gasteiger partial charge in [0, 0.05) is 29.9 Å². The minimum atomic E-state index is -3.53. The minimum Gasteiger partial charge on any atom is -0.322 e. The first kappa shape index (κ1) is 20.2. The van der Waals surface area contributed by atoms with Crippen LogP contribution in [0.4, 0.5) is 5.69 Å². The third-order valence-corrected chi connectivity index (χ3v) is 6.78. The van der Waals surface area contributed by atoms with Gasteiger partial charge in [0.25, 0.3) is 5.91 Å². The summed E-state index contributed by atoms with van der Waals surface area (Å²) in [5.74, 6) is -0.381. The summed E-state index contributed by atoms with van der Waals surface area (Å²) < 4.78 is 27.1. The molecular weight excluding hydrogens is 376 g/mol. The van der Waals surface area contributed by atoms with Crippen LogP contribution in [-0.2, 0) is 10.0 Å². The van der Waals surface area contributed by atoms with Crippen LogP contribution in [0.3, 0.4) is 0 Å². The molecule has 0 radical (unpaired) electrons. The van der Waals surface area contributed by atoms with Crippen LogP contribution in [0.15, 0.2) is 53.4 Å². The fourth-order valence-electron chi connectivity index (χ4n) is 3.20. The molecule has 0 unspecified atom stereocenters. The fourth-order valence-corrected chi connectivity index (χ4v) is 4.72. The van der Waals surface area contributed by atoms with Gasteiger partial charge in [0.2, 0.25) is 10.0 Å². The topological polar surface area (TPSA) is 83.5 Å². The third-order valence-electron chi connectivity index (χ3n) is 4.87. The van der Waals surface area contributed by atoms with Gasteiger partial charge in [-0.15, -0.1) is 0 Å². The lowest BCUT2D eigenvalue weighted by Gasteiger charge is -2.20. The van der Waals surface area contributed by atoms with Gasteiger partial charge in [0.05, 0.1) is 4.90 Å². The normalized spacial score (nSPS) is 15.6. The highest BCUT2D eigenvalue weighted by Gasteiger charge is 2.25. The highest BCUT2D eigenvalue weighted by molar-refractivity contribution is 7.89. The van der Waals surface area contributed by atoms with Crippen molar-refractivity contribution in [2.45, 2.75) is 37.5 Å². The molecule has 1 fully saturated rings. The number of rotatable bonds is 5. The van der Waals surface area contributed by atoms with Crippen molar-refractivity contribution in [3.8, 4) is 0 Å². The summed E-state index contributed by atoms with van der Waals surface area (Å²) in [7, 11) is -3.53. The Morgan fingerprint density at radius 2 is 1.36 bits per heavy atom. The second-order valence-corrected chi connectivity index (χ2v) is 8.87. The van der Waals surface area contributed by atoms with E-state index in [0.717, 1.165) is 25.7 Å². The quantitative estimate of drug-likeness (QED) is 0.776. The Hall–Kier alpha value is -2.51. The second kappa shape index (κ2) is 8.67. The van der Waals surface area contributed by atoms with Gasteiger partial charge in [-0.1, -0.05) is 12.8 Å². The molecule has 2 aromatic rings. The van der Waals surface area contributed by atoms with E-state index in [1.54, 1.807) is 24.3 Å². The van der Waals surface area contributed by atoms with E-state index in [0.29, 0.717) is 29.9 Å². The molecule has 1 heterocycles. The molecule has 3 rings (SSSR count). The number of carbonyl (C=O) groups excluding carboxylic acids is 2. The Balaban J connectivity index is 1.70. The second-order valence-electron chi connectivity index (χ2n) is 6.93. The molecule has 1 amide bonds. The van der Waals surface area contributed by atoms with Crippen LogP contribution < -0.4 is 5.32 Å². The number of nitrogens with zero attached hydrogens (tertiary/aromatic N) is 1. The van der Waals surface area contributed by atoms with Crippen LogP contribution in [0.2, 0.25) is 0 Å². The van der Waals surface area contributed by atoms with E-state index in [1.807, 2.05) is 0 Å². The van der Waals surface area contributed by atoms with Crippen LogP contribution in [-0.4, -0.2) is 37.5 Å². The Labute approximate surface area is 165 Å². The number of nitrogens with one attached hydrogen (secondary N) is 1. The van der Waals surface area contributed by atoms with Gasteiger partial charge in [-0.05, 0) is 68.3 Å². The molecule has 7 heteroatoms. The van der Waals surface area contributed by atoms with Crippen molar-refractivity contribution in [2.24, 2.45) is 0 Å². The number of hydrogen-bond donors (Lipinski definition) is 1. The predicted octanol–water partition coefficient (Wildman–Crippen LogP) is 3.71. The van der Waals surface area contributed by atoms with E-state index < -0.39 is 10.0 Å². The zero-order valence-corrected chi connectivity index (χ0v) is 16.7. The van der Waals surface area contributed by atoms with Crippen molar-refractivity contribution in [1.82, 2.24) is 4.31 Å². The summed E-state index contributed by atoms with van der Waals surface area (Å²) in [6.07, 6.45) is 3.86. The van der Waals surface area contributed by atoms with Crippen LogP contribution in [0.25, 0.3) is 0 Å². The van der Waals surface area contributed by atoms with Crippen LogP contribution in [0.5, 0.6) is 0 Å². The zero-order valence-electron chi connectivity index (χ0n) is 15.8. The molecule has 0 saturated carbocycles. The van der Waals surface area contributed by atoms with Crippen LogP contribution >= 0.6 is 0 Å². The maximum Gasteiger partial charge on any atom is 0.255 e. The number of carbonyl (C=O) groups is 2. The van der Waals surface area contributed by atoms with Crippen LogP contribution in [0, 0.1) is 0 Å². The van der Waals surface area contributed by atoms with Crippen molar-refractivity contribution in [3.05, 3.63) is 59.7 Å². The molecule has 0 aromatic heterocycles. The smallest absolute Gasteiger partial charge is 0.255 e. The van der Waals surface area contributed by atoms with Gasteiger partial charge in [-0.2, -0.15) is 4.31 Å². The van der Waals surface area contributed by atoms with E-state index in [-0.39, 0.29) is 16.6 Å². The fraction of sp³-hybridized carbons (Fsp3) is 0.333. The summed E-state index contributed by atoms with van der Waals surface area (Å²) in [5.41, 5.74) is 1.50. The molecule has 1 aliphatic heterocycles. The molecular formula is C21H24N2O4S. The molecule has 148 valence electrons. The lowest BCUT2D eigenvalue weighted by atomic mass is 10.1. The molecule has 1 N–H and O–H groups in total. The largest absolute Gasteiger partial charge is 0.322 e. The number of amides is 1. The molecule has 0 bridgehead atoms. The molecule has 1 saturated heterocycles. The molecule has 0 spiro atoms. The SMILES string of the molecule is CC(=O)c1ccc(NC(=O)c2ccc(S(=O)(=O)N3CCCCCC3)cc2)cc1. The van der Waals surface area contributed by atoms with Gasteiger partial charge in [0.1, 0.15) is 0 Å². The van der Waals surface area contributed by atoms with Crippen molar-refractivity contribution < 1.29 is 18.0 Å². The van der Waals surface area contributed by atoms with Crippen molar-refractivity contribution in [2.75, 3.05) is 18.4 Å². The first-order valence-corrected chi connectivity index (χ1v) is 10.8. The maximum absolute atomic E-state index is 12.8. The molecule has 28 heavy (non-hydrogen) atoms. The number of benzene rings is 2. The van der Waals surface area contributed by atoms with E-state index in [1.165, 1.54) is 35.5 Å². The Morgan fingerprint density at radius 3 is 1.89 bits per heavy atom. The summed E-state index contributed by atoms with van der Waals surface area (Å²) in [6, 6.07) is 12.6. The van der Waals surface area contributed by atoms with E-state index in [2.05, 4.69) is 5.32 Å². The third kappa shape index (κ3) is 4.66. The molecule has 0 atom stereocenters. The van der Waals surface area contributed by atoms with E-state index in [9.17, 15) is 18.0 Å². The summed E-state index contributed by atoms with van der Waals surface area (Å²) in [5, 5.41) is 2.74. The number of Topliss-reactive ketones (excluding diaryl/α,β-unsaturated/α-hetero) is 1. The van der Waals surface area contributed by atoms with Crippen molar-refractivity contribution in [3.63, 3.8) is 0 Å². The summed E-state index contributed by atoms with van der Waals surface area (Å²) >= 11 is 0. The Morgan fingerprint density at radius 1 is 0.821 bits per heavy atom. The number of ketones is 1. The van der Waals surface area contributed by atoms with Gasteiger partial charge >= 0.3 is 0 Å². The number of hydrogen-bond acceptors (Lipinski definition) is 4. The summed E-state index contributed by atoms with van der Waals surface area (Å²) in [4.78, 5) is 23.9. The Bertz CT molecular complexity index is 943. The average Bonchev–Trinajstić information content (AvgIpc) is 2.98. The van der Waals surface area contributed by atoms with Gasteiger partial charge in [-0.3, -0.25) is 9.59 Å². The minimum absolute atomic E-state index is 0.0425. The van der Waals surface area contributed by atoms with Crippen molar-refractivity contribution >= 4 is 27.4 Å². The lowest BCUT2D eigenvalue weighted by Crippen LogP contribution is -2.31. The monoisotopic (exact) mass is 400 g/mol. The van der Waals surface area contributed by atoms with Gasteiger partial charge in [-0.25, -0.2) is 8.42 Å². The number of sulfonamides is 1. The predicted molar refractivity (Wildman–Crippen MR) is 108 cm³/mol. The van der Waals surface area contributed by atoms with Gasteiger partial charge in [0.15, 0.2) is 5.78 Å². The zero-order chi connectivity index (χ0) is 20.1. The Kier molecular flexibility index (Phi) is 6.26. The first-order valence-electron chi connectivity index (χ1n) is 9.40. The van der Waals surface area contributed by atoms with Crippen LogP contribution in [0.1, 0.15) is 53.3 Å². The summed E-state index contributed by atoms with van der Waals surface area (Å²) in [6.45, 7) is 2.57. The highest BCUT2D eigenvalue weighted by Crippen LogP contribution is 2.21. The molecule has 0 aliphatic carbocycles. The standard InChI is InChI=1S/C21H24N2O4S/c1-16(24)17-6-10-19(11-7-17)22-21(25)18-8-12-20(13-9-18)28(26,27)23-14-4-2-3-5-15-23/h6-13H,2-5,14-15H2,1H3,(H,22,25). The highest BCUT2D eigenvalue weighted by atomic mass is 32.2. The van der Waals surface area contributed by atoms with Crippen molar-refractivity contribution in [1.29, 1.82) is 0 Å². The van der Waals surface area contributed by atoms with Gasteiger partial charge < -0.3 is 5.32 Å². The average molecular weight is 401 g/mol.